The number of hydrogen-bond donors (Lipinski definition) is 1. The van der Waals surface area contributed by atoms with Crippen molar-refractivity contribution in [1.29, 1.82) is 0 Å². The van der Waals surface area contributed by atoms with Gasteiger partial charge in [0.2, 0.25) is 10.0 Å². The van der Waals surface area contributed by atoms with Crippen LogP contribution in [0.1, 0.15) is 10.6 Å². The lowest BCUT2D eigenvalue weighted by atomic mass is 10.3. The number of aromatic nitrogens is 2. The molecular weight excluding hydrogens is 326 g/mol. The van der Waals surface area contributed by atoms with Gasteiger partial charge in [0.05, 0.1) is 5.69 Å². The molecule has 120 valence electrons. The van der Waals surface area contributed by atoms with Gasteiger partial charge in [0.25, 0.3) is 0 Å². The molecule has 2 aromatic heterocycles. The van der Waals surface area contributed by atoms with Crippen LogP contribution in [0.2, 0.25) is 0 Å². The van der Waals surface area contributed by atoms with Crippen LogP contribution in [0.15, 0.2) is 23.0 Å². The summed E-state index contributed by atoms with van der Waals surface area (Å²) in [6.45, 7) is 3.10. The van der Waals surface area contributed by atoms with Gasteiger partial charge in [-0.1, -0.05) is 5.16 Å². The fourth-order valence-corrected chi connectivity index (χ4v) is 4.52. The Morgan fingerprint density at radius 2 is 2.09 bits per heavy atom. The van der Waals surface area contributed by atoms with Crippen molar-refractivity contribution < 1.29 is 12.9 Å². The maximum absolute atomic E-state index is 12.3. The van der Waals surface area contributed by atoms with Crippen molar-refractivity contribution in [2.75, 3.05) is 31.9 Å². The molecule has 0 aliphatic carbocycles. The number of nitrogens with two attached hydrogens (primary N) is 1. The number of rotatable bonds is 5. The summed E-state index contributed by atoms with van der Waals surface area (Å²) in [5, 5.41) is 4.22. The van der Waals surface area contributed by atoms with E-state index in [2.05, 4.69) is 19.6 Å². The van der Waals surface area contributed by atoms with Gasteiger partial charge in [-0.05, 0) is 0 Å². The van der Waals surface area contributed by atoms with Gasteiger partial charge in [0.1, 0.15) is 12.0 Å². The van der Waals surface area contributed by atoms with Crippen LogP contribution < -0.4 is 5.73 Å². The lowest BCUT2D eigenvalue weighted by Gasteiger charge is -2.33. The zero-order valence-electron chi connectivity index (χ0n) is 11.9. The van der Waals surface area contributed by atoms with E-state index in [1.54, 1.807) is 12.3 Å². The molecule has 8 nitrogen and oxygen atoms in total. The molecule has 1 saturated heterocycles. The first kappa shape index (κ1) is 15.4. The Morgan fingerprint density at radius 1 is 1.32 bits per heavy atom. The van der Waals surface area contributed by atoms with Crippen molar-refractivity contribution in [2.45, 2.75) is 12.3 Å². The summed E-state index contributed by atoms with van der Waals surface area (Å²) in [5.74, 6) is -0.116. The summed E-state index contributed by atoms with van der Waals surface area (Å²) in [6.07, 6.45) is 3.15. The number of anilines is 1. The quantitative estimate of drug-likeness (QED) is 0.835. The summed E-state index contributed by atoms with van der Waals surface area (Å²) in [6, 6.07) is 1.57. The van der Waals surface area contributed by atoms with Crippen molar-refractivity contribution in [3.8, 4) is 0 Å². The average molecular weight is 343 g/mol. The summed E-state index contributed by atoms with van der Waals surface area (Å²) in [7, 11) is -3.34. The molecule has 0 unspecified atom stereocenters. The monoisotopic (exact) mass is 343 g/mol. The molecule has 0 amide bonds. The van der Waals surface area contributed by atoms with E-state index in [4.69, 9.17) is 5.73 Å². The van der Waals surface area contributed by atoms with E-state index in [0.717, 1.165) is 11.4 Å². The molecule has 2 N–H and O–H groups in total. The molecule has 0 saturated carbocycles. The first-order valence-electron chi connectivity index (χ1n) is 6.82. The SMILES string of the molecule is Nc1ncc(CN2CCN(S(=O)(=O)Cc3ccon3)CC2)s1. The smallest absolute Gasteiger partial charge is 0.220 e. The van der Waals surface area contributed by atoms with Crippen LogP contribution in [-0.2, 0) is 22.3 Å². The second-order valence-electron chi connectivity index (χ2n) is 5.09. The molecule has 22 heavy (non-hydrogen) atoms. The van der Waals surface area contributed by atoms with Crippen molar-refractivity contribution in [3.05, 3.63) is 29.1 Å². The van der Waals surface area contributed by atoms with Crippen LogP contribution in [0.3, 0.4) is 0 Å². The Bertz CT molecular complexity index is 705. The van der Waals surface area contributed by atoms with Gasteiger partial charge in [-0.25, -0.2) is 13.4 Å². The van der Waals surface area contributed by atoms with E-state index in [0.29, 0.717) is 37.0 Å². The third kappa shape index (κ3) is 3.64. The highest BCUT2D eigenvalue weighted by molar-refractivity contribution is 7.88. The maximum Gasteiger partial charge on any atom is 0.220 e. The summed E-state index contributed by atoms with van der Waals surface area (Å²) < 4.78 is 30.8. The topological polar surface area (TPSA) is 106 Å². The normalized spacial score (nSPS) is 17.8. The largest absolute Gasteiger partial charge is 0.375 e. The second kappa shape index (κ2) is 6.32. The van der Waals surface area contributed by atoms with Gasteiger partial charge in [0, 0.05) is 49.9 Å². The number of piperazine rings is 1. The standard InChI is InChI=1S/C12H17N5O3S2/c13-12-14-7-11(21-12)8-16-2-4-17(5-3-16)22(18,19)9-10-1-6-20-15-10/h1,6-7H,2-5,8-9H2,(H2,13,14). The Balaban J connectivity index is 1.54. The van der Waals surface area contributed by atoms with Gasteiger partial charge in [-0.15, -0.1) is 11.3 Å². The fourth-order valence-electron chi connectivity index (χ4n) is 2.37. The van der Waals surface area contributed by atoms with Crippen LogP contribution in [0.25, 0.3) is 0 Å². The third-order valence-corrected chi connectivity index (χ3v) is 6.12. The summed E-state index contributed by atoms with van der Waals surface area (Å²) in [5.41, 5.74) is 6.05. The number of thiazole rings is 1. The predicted octanol–water partition coefficient (Wildman–Crippen LogP) is 0.361. The van der Waals surface area contributed by atoms with Crippen LogP contribution in [0.4, 0.5) is 5.13 Å². The van der Waals surface area contributed by atoms with E-state index in [9.17, 15) is 8.42 Å². The second-order valence-corrected chi connectivity index (χ2v) is 8.20. The molecule has 1 aliphatic rings. The summed E-state index contributed by atoms with van der Waals surface area (Å²) in [4.78, 5) is 7.32. The van der Waals surface area contributed by atoms with Gasteiger partial charge in [0.15, 0.2) is 5.13 Å². The van der Waals surface area contributed by atoms with Crippen LogP contribution >= 0.6 is 11.3 Å². The van der Waals surface area contributed by atoms with Crippen molar-refractivity contribution >= 4 is 26.5 Å². The highest BCUT2D eigenvalue weighted by atomic mass is 32.2. The molecule has 3 heterocycles. The molecular formula is C12H17N5O3S2. The molecule has 1 aliphatic heterocycles. The molecule has 3 rings (SSSR count). The van der Waals surface area contributed by atoms with Crippen LogP contribution in [0, 0.1) is 0 Å². The van der Waals surface area contributed by atoms with Crippen molar-refractivity contribution in [2.24, 2.45) is 0 Å². The van der Waals surface area contributed by atoms with E-state index in [1.807, 2.05) is 0 Å². The molecule has 1 fully saturated rings. The Labute approximate surface area is 132 Å². The predicted molar refractivity (Wildman–Crippen MR) is 82.5 cm³/mol. The lowest BCUT2D eigenvalue weighted by Crippen LogP contribution is -2.48. The first-order valence-corrected chi connectivity index (χ1v) is 9.25. The molecule has 10 heteroatoms. The Morgan fingerprint density at radius 3 is 2.68 bits per heavy atom. The van der Waals surface area contributed by atoms with Gasteiger partial charge < -0.3 is 10.3 Å². The van der Waals surface area contributed by atoms with Crippen molar-refractivity contribution in [1.82, 2.24) is 19.3 Å². The third-order valence-electron chi connectivity index (χ3n) is 3.50. The molecule has 0 atom stereocenters. The van der Waals surface area contributed by atoms with Gasteiger partial charge in [-0.2, -0.15) is 4.31 Å². The van der Waals surface area contributed by atoms with E-state index in [1.165, 1.54) is 21.9 Å². The molecule has 0 aromatic carbocycles. The summed E-state index contributed by atoms with van der Waals surface area (Å²) >= 11 is 1.46. The van der Waals surface area contributed by atoms with Crippen molar-refractivity contribution in [3.63, 3.8) is 0 Å². The first-order chi connectivity index (χ1) is 10.5. The number of hydrogen-bond acceptors (Lipinski definition) is 8. The highest BCUT2D eigenvalue weighted by Gasteiger charge is 2.28. The molecule has 0 radical (unpaired) electrons. The zero-order chi connectivity index (χ0) is 15.6. The van der Waals surface area contributed by atoms with Gasteiger partial charge in [-0.3, -0.25) is 4.90 Å². The molecule has 0 bridgehead atoms. The molecule has 2 aromatic rings. The van der Waals surface area contributed by atoms with Gasteiger partial charge >= 0.3 is 0 Å². The average Bonchev–Trinajstić information content (AvgIpc) is 3.11. The molecule has 0 spiro atoms. The van der Waals surface area contributed by atoms with E-state index < -0.39 is 10.0 Å². The fraction of sp³-hybridized carbons (Fsp3) is 0.500. The van der Waals surface area contributed by atoms with Crippen LogP contribution in [0.5, 0.6) is 0 Å². The minimum Gasteiger partial charge on any atom is -0.375 e. The number of sulfonamides is 1. The maximum atomic E-state index is 12.3. The lowest BCUT2D eigenvalue weighted by molar-refractivity contribution is 0.182. The minimum absolute atomic E-state index is 0.116. The highest BCUT2D eigenvalue weighted by Crippen LogP contribution is 2.18. The Kier molecular flexibility index (Phi) is 4.43. The van der Waals surface area contributed by atoms with E-state index >= 15 is 0 Å². The number of nitrogens with zero attached hydrogens (tertiary/aromatic N) is 4. The minimum atomic E-state index is -3.34. The Hall–Kier alpha value is -1.49. The van der Waals surface area contributed by atoms with Crippen LogP contribution in [-0.4, -0.2) is 53.9 Å². The number of nitrogen functional groups attached to an aromatic ring is 1. The van der Waals surface area contributed by atoms with E-state index in [-0.39, 0.29) is 5.75 Å². The zero-order valence-corrected chi connectivity index (χ0v) is 13.5.